The minimum absolute atomic E-state index is 0.0143. The molecule has 2 fully saturated rings. The van der Waals surface area contributed by atoms with Gasteiger partial charge in [0.15, 0.2) is 26.9 Å². The molecule has 7 rings (SSSR count). The van der Waals surface area contributed by atoms with Gasteiger partial charge in [-0.1, -0.05) is 193 Å². The van der Waals surface area contributed by atoms with Gasteiger partial charge in [0.05, 0.1) is 52.4 Å². The van der Waals surface area contributed by atoms with Crippen LogP contribution in [0.1, 0.15) is 125 Å². The Labute approximate surface area is 529 Å². The lowest BCUT2D eigenvalue weighted by molar-refractivity contribution is -0.364. The molecule has 5 aromatic rings. The van der Waals surface area contributed by atoms with Crippen molar-refractivity contribution in [3.05, 3.63) is 179 Å². The van der Waals surface area contributed by atoms with E-state index in [0.29, 0.717) is 0 Å². The van der Waals surface area contributed by atoms with Gasteiger partial charge in [0.2, 0.25) is 5.91 Å². The molecule has 0 spiro atoms. The van der Waals surface area contributed by atoms with Crippen molar-refractivity contribution >= 4 is 26.3 Å². The molecule has 2 saturated heterocycles. The van der Waals surface area contributed by atoms with E-state index in [4.69, 9.17) is 56.5 Å². The van der Waals surface area contributed by atoms with Crippen molar-refractivity contribution in [2.24, 2.45) is 0 Å². The Morgan fingerprint density at radius 3 is 1.28 bits per heavy atom. The first-order valence-electron chi connectivity index (χ1n) is 31.4. The molecule has 0 radical (unpaired) electrons. The monoisotopic (exact) mass is 1250 g/mol. The van der Waals surface area contributed by atoms with E-state index in [1.165, 1.54) is 6.92 Å². The average Bonchev–Trinajstić information content (AvgIpc) is 1.07. The summed E-state index contributed by atoms with van der Waals surface area (Å²) in [6.07, 6.45) is -11.7. The fraction of sp³-hybridized carbons (Fsp3) is 0.535. The lowest BCUT2D eigenvalue weighted by atomic mass is 9.94. The minimum atomic E-state index is -2.67. The Balaban J connectivity index is 1.41. The summed E-state index contributed by atoms with van der Waals surface area (Å²) in [5, 5.41) is 5.87. The molecular formula is C71H98N2O15Si. The number of nitrogens with one attached hydrogen (secondary N) is 2. The van der Waals surface area contributed by atoms with Crippen molar-refractivity contribution in [3.8, 4) is 0 Å². The van der Waals surface area contributed by atoms with Gasteiger partial charge in [0, 0.05) is 6.92 Å². The number of carbonyl (C=O) groups is 3. The number of hydrogen-bond acceptors (Lipinski definition) is 15. The lowest BCUT2D eigenvalue weighted by Crippen LogP contribution is -2.70. The summed E-state index contributed by atoms with van der Waals surface area (Å²) in [5.41, 5.74) is 3.19. The summed E-state index contributed by atoms with van der Waals surface area (Å²) < 4.78 is 83.4. The van der Waals surface area contributed by atoms with Gasteiger partial charge < -0.3 is 67.2 Å². The van der Waals surface area contributed by atoms with E-state index in [0.717, 1.165) is 27.8 Å². The summed E-state index contributed by atoms with van der Waals surface area (Å²) in [6, 6.07) is 46.5. The van der Waals surface area contributed by atoms with Gasteiger partial charge in [-0.25, -0.2) is 9.59 Å². The first-order valence-corrected chi connectivity index (χ1v) is 33.5. The molecule has 89 heavy (non-hydrogen) atoms. The van der Waals surface area contributed by atoms with Crippen LogP contribution in [0.2, 0.25) is 16.6 Å². The standard InChI is InChI=1S/C71H98N2O15Si/c1-47(2)89(48(3)4,49(5)6)82-46-58-61(78-41-53-32-22-16-23-33-53)63(60(72-51(8)74)67(84-58)83-50(7)59(66(75)87-70(9,10)11)73-69(76)88-71(12,13)14)86-68-65(81-44-56-38-28-19-29-39-56)64(80-43-55-36-26-18-27-37-55)62(79-42-54-34-24-17-25-35-54)57(85-68)45-77-40-52-30-20-15-21-31-52/h15-39,47-50,57-65,67-68H,40-46H2,1-14H3,(H,72,74)(H,73,76)/t50-,57-,58-,59+,60-,61+,62+,63-,64+,65-,67+,68+/m1/s1. The second-order valence-corrected chi connectivity index (χ2v) is 31.5. The molecule has 2 aliphatic rings. The van der Waals surface area contributed by atoms with Gasteiger partial charge in [-0.15, -0.1) is 0 Å². The first-order chi connectivity index (χ1) is 42.4. The largest absolute Gasteiger partial charge is 0.458 e. The fourth-order valence-corrected chi connectivity index (χ4v) is 17.3. The molecule has 0 unspecified atom stereocenters. The average molecular weight is 1250 g/mol. The minimum Gasteiger partial charge on any atom is -0.458 e. The van der Waals surface area contributed by atoms with Gasteiger partial charge in [-0.3, -0.25) is 4.79 Å². The molecule has 12 atom stereocenters. The molecule has 2 aliphatic heterocycles. The highest BCUT2D eigenvalue weighted by Crippen LogP contribution is 2.44. The maximum absolute atomic E-state index is 14.4. The third kappa shape index (κ3) is 21.1. The van der Waals surface area contributed by atoms with E-state index in [9.17, 15) is 14.4 Å². The van der Waals surface area contributed by atoms with E-state index < -0.39 is 111 Å². The molecule has 486 valence electrons. The molecule has 0 saturated carbocycles. The number of carbonyl (C=O) groups excluding carboxylic acids is 3. The number of hydrogen-bond donors (Lipinski definition) is 2. The Morgan fingerprint density at radius 2 is 0.865 bits per heavy atom. The summed E-state index contributed by atoms with van der Waals surface area (Å²) in [5.74, 6) is -1.25. The highest BCUT2D eigenvalue weighted by atomic mass is 28.4. The van der Waals surface area contributed by atoms with Crippen molar-refractivity contribution in [1.82, 2.24) is 10.6 Å². The van der Waals surface area contributed by atoms with Crippen molar-refractivity contribution < 1.29 is 70.9 Å². The van der Waals surface area contributed by atoms with Crippen LogP contribution in [-0.2, 0) is 99.2 Å². The van der Waals surface area contributed by atoms with Gasteiger partial charge in [-0.05, 0) is 92.9 Å². The molecule has 2 heterocycles. The first kappa shape index (κ1) is 70.6. The van der Waals surface area contributed by atoms with E-state index in [-0.39, 0.29) is 62.9 Å². The highest BCUT2D eigenvalue weighted by molar-refractivity contribution is 6.77. The molecule has 2 amide bonds. The summed E-state index contributed by atoms with van der Waals surface area (Å²) in [4.78, 5) is 42.1. The van der Waals surface area contributed by atoms with Crippen molar-refractivity contribution in [1.29, 1.82) is 0 Å². The number of rotatable bonds is 30. The van der Waals surface area contributed by atoms with E-state index in [2.05, 4.69) is 52.2 Å². The van der Waals surface area contributed by atoms with Crippen molar-refractivity contribution in [2.75, 3.05) is 13.2 Å². The Bertz CT molecular complexity index is 2860. The van der Waals surface area contributed by atoms with Crippen LogP contribution < -0.4 is 10.6 Å². The van der Waals surface area contributed by atoms with Crippen LogP contribution in [0.25, 0.3) is 0 Å². The van der Waals surface area contributed by atoms with Crippen LogP contribution >= 0.6 is 0 Å². The number of ether oxygens (including phenoxy) is 11. The topological polar surface area (TPSA) is 186 Å². The SMILES string of the molecule is CC(=O)N[C@H]1[C@@H](O[C@H](C)[C@H](NC(=O)OC(C)(C)C)C(=O)OC(C)(C)C)O[C@H](CO[Si](C(C)C)(C(C)C)C(C)C)[C@H](OCc2ccccc2)[C@@H]1O[C@@H]1O[C@H](COCc2ccccc2)[C@H](OCc2ccccc2)[C@H](OCc2ccccc2)[C@H]1OCc1ccccc1. The van der Waals surface area contributed by atoms with Gasteiger partial charge in [0.25, 0.3) is 0 Å². The number of esters is 1. The quantitative estimate of drug-likeness (QED) is 0.0326. The number of amides is 2. The van der Waals surface area contributed by atoms with E-state index >= 15 is 0 Å². The molecule has 18 heteroatoms. The highest BCUT2D eigenvalue weighted by Gasteiger charge is 2.56. The number of benzene rings is 5. The summed E-state index contributed by atoms with van der Waals surface area (Å²) in [6.45, 7) is 27.5. The Kier molecular flexibility index (Phi) is 26.5. The summed E-state index contributed by atoms with van der Waals surface area (Å²) in [7, 11) is -2.67. The zero-order valence-electron chi connectivity index (χ0n) is 54.7. The van der Waals surface area contributed by atoms with Crippen LogP contribution in [0.3, 0.4) is 0 Å². The van der Waals surface area contributed by atoms with Gasteiger partial charge in [0.1, 0.15) is 60.0 Å². The molecule has 0 aliphatic carbocycles. The second kappa shape index (κ2) is 33.4. The predicted octanol–water partition coefficient (Wildman–Crippen LogP) is 12.7. The molecule has 0 aromatic heterocycles. The maximum atomic E-state index is 14.4. The zero-order valence-corrected chi connectivity index (χ0v) is 55.7. The Hall–Kier alpha value is -5.87. The molecule has 5 aromatic carbocycles. The normalized spacial score (nSPS) is 23.2. The third-order valence-electron chi connectivity index (χ3n) is 15.8. The predicted molar refractivity (Wildman–Crippen MR) is 343 cm³/mol. The molecular weight excluding hydrogens is 1150 g/mol. The molecule has 17 nitrogen and oxygen atoms in total. The van der Waals surface area contributed by atoms with Crippen LogP contribution in [0.4, 0.5) is 4.79 Å². The van der Waals surface area contributed by atoms with Crippen molar-refractivity contribution in [3.63, 3.8) is 0 Å². The van der Waals surface area contributed by atoms with Crippen LogP contribution in [0.5, 0.6) is 0 Å². The molecule has 0 bridgehead atoms. The fourth-order valence-electron chi connectivity index (χ4n) is 11.9. The maximum Gasteiger partial charge on any atom is 0.408 e. The molecule has 2 N–H and O–H groups in total. The van der Waals surface area contributed by atoms with Crippen LogP contribution in [0, 0.1) is 0 Å². The Morgan fingerprint density at radius 1 is 0.483 bits per heavy atom. The van der Waals surface area contributed by atoms with Crippen LogP contribution in [0.15, 0.2) is 152 Å². The smallest absolute Gasteiger partial charge is 0.408 e. The van der Waals surface area contributed by atoms with Gasteiger partial charge in [-0.2, -0.15) is 0 Å². The zero-order chi connectivity index (χ0) is 64.3. The van der Waals surface area contributed by atoms with E-state index in [1.807, 2.05) is 152 Å². The van der Waals surface area contributed by atoms with Gasteiger partial charge >= 0.3 is 12.1 Å². The lowest BCUT2D eigenvalue weighted by Gasteiger charge is -2.51. The third-order valence-corrected chi connectivity index (χ3v) is 21.9. The van der Waals surface area contributed by atoms with Crippen LogP contribution in [-0.4, -0.2) is 124 Å². The van der Waals surface area contributed by atoms with Crippen molar-refractivity contribution in [2.45, 2.75) is 231 Å². The number of alkyl carbamates (subject to hydrolysis) is 1. The van der Waals surface area contributed by atoms with E-state index in [1.54, 1.807) is 48.5 Å². The summed E-state index contributed by atoms with van der Waals surface area (Å²) >= 11 is 0. The second-order valence-electron chi connectivity index (χ2n) is 26.1.